The second kappa shape index (κ2) is 7.71. The number of carbonyl (C=O) groups excluding carboxylic acids is 1. The maximum Gasteiger partial charge on any atom is 0.225 e. The Morgan fingerprint density at radius 2 is 2.23 bits per heavy atom. The topological polar surface area (TPSA) is 62.1 Å². The molecule has 1 heterocycles. The second-order valence-corrected chi connectivity index (χ2v) is 5.79. The first-order chi connectivity index (χ1) is 10.7. The lowest BCUT2D eigenvalue weighted by atomic mass is 9.87. The van der Waals surface area contributed by atoms with Crippen LogP contribution >= 0.6 is 11.8 Å². The van der Waals surface area contributed by atoms with Crippen LogP contribution in [0.2, 0.25) is 0 Å². The Bertz CT molecular complexity index is 629. The summed E-state index contributed by atoms with van der Waals surface area (Å²) in [6.07, 6.45) is 2.04. The molecule has 4 nitrogen and oxygen atoms in total. The Morgan fingerprint density at radius 3 is 2.82 bits per heavy atom. The van der Waals surface area contributed by atoms with Gasteiger partial charge < -0.3 is 10.1 Å². The number of hydrogen-bond donors (Lipinski definition) is 1. The van der Waals surface area contributed by atoms with E-state index in [2.05, 4.69) is 18.0 Å². The molecule has 1 N–H and O–H groups in total. The van der Waals surface area contributed by atoms with Gasteiger partial charge in [0.1, 0.15) is 5.75 Å². The summed E-state index contributed by atoms with van der Waals surface area (Å²) in [5.74, 6) is 1.16. The van der Waals surface area contributed by atoms with Crippen molar-refractivity contribution in [3.8, 4) is 11.8 Å². The molecule has 0 spiro atoms. The summed E-state index contributed by atoms with van der Waals surface area (Å²) >= 11 is 1.43. The lowest BCUT2D eigenvalue weighted by Crippen LogP contribution is -2.30. The summed E-state index contributed by atoms with van der Waals surface area (Å²) in [5, 5.41) is 12.9. The number of nitrogens with zero attached hydrogens (tertiary/aromatic N) is 1. The van der Waals surface area contributed by atoms with Crippen molar-refractivity contribution in [1.29, 1.82) is 5.26 Å². The highest BCUT2D eigenvalue weighted by Crippen LogP contribution is 2.36. The number of benzene rings is 1. The molecule has 1 aromatic rings. The van der Waals surface area contributed by atoms with Crippen molar-refractivity contribution in [3.63, 3.8) is 0 Å². The minimum absolute atomic E-state index is 0.0653. The number of nitrogens with one attached hydrogen (secondary N) is 1. The molecule has 1 aliphatic rings. The van der Waals surface area contributed by atoms with E-state index in [1.807, 2.05) is 31.2 Å². The smallest absolute Gasteiger partial charge is 0.225 e. The summed E-state index contributed by atoms with van der Waals surface area (Å²) in [4.78, 5) is 11.9. The van der Waals surface area contributed by atoms with Crippen LogP contribution in [0.25, 0.3) is 0 Å². The molecule has 0 radical (unpaired) electrons. The van der Waals surface area contributed by atoms with Gasteiger partial charge in [-0.05, 0) is 24.6 Å². The normalized spacial score (nSPS) is 17.6. The fraction of sp³-hybridized carbons (Fsp3) is 0.294. The maximum atomic E-state index is 11.9. The van der Waals surface area contributed by atoms with Crippen molar-refractivity contribution in [1.82, 2.24) is 5.32 Å². The van der Waals surface area contributed by atoms with E-state index in [1.54, 1.807) is 6.08 Å². The molecule has 0 saturated heterocycles. The van der Waals surface area contributed by atoms with Gasteiger partial charge in [0.25, 0.3) is 0 Å². The molecule has 1 unspecified atom stereocenters. The fourth-order valence-corrected chi connectivity index (χ4v) is 3.14. The van der Waals surface area contributed by atoms with E-state index in [0.717, 1.165) is 11.3 Å². The standard InChI is InChI=1S/C17H18N2O2S/c1-3-9-22-17-15(11-18)14(10-16(20)19-17)12-5-7-13(8-6-12)21-4-2/h3,5-8,14H,1,4,9-10H2,2H3,(H,19,20). The second-order valence-electron chi connectivity index (χ2n) is 4.76. The van der Waals surface area contributed by atoms with Crippen LogP contribution < -0.4 is 10.1 Å². The summed E-state index contributed by atoms with van der Waals surface area (Å²) in [6.45, 7) is 6.20. The molecular formula is C17H18N2O2S. The van der Waals surface area contributed by atoms with Crippen LogP contribution in [-0.2, 0) is 4.79 Å². The molecule has 22 heavy (non-hydrogen) atoms. The van der Waals surface area contributed by atoms with Gasteiger partial charge in [-0.15, -0.1) is 18.3 Å². The third kappa shape index (κ3) is 3.71. The molecule has 2 rings (SSSR count). The van der Waals surface area contributed by atoms with Crippen molar-refractivity contribution in [2.24, 2.45) is 0 Å². The van der Waals surface area contributed by atoms with Gasteiger partial charge in [0.05, 0.1) is 23.3 Å². The third-order valence-corrected chi connectivity index (χ3v) is 4.31. The third-order valence-electron chi connectivity index (χ3n) is 3.30. The van der Waals surface area contributed by atoms with E-state index in [9.17, 15) is 10.1 Å². The summed E-state index contributed by atoms with van der Waals surface area (Å²) in [5.41, 5.74) is 1.56. The monoisotopic (exact) mass is 314 g/mol. The van der Waals surface area contributed by atoms with Crippen LogP contribution in [0.3, 0.4) is 0 Å². The zero-order valence-corrected chi connectivity index (χ0v) is 13.3. The molecule has 0 saturated carbocycles. The Labute approximate surface area is 134 Å². The van der Waals surface area contributed by atoms with Gasteiger partial charge in [0.2, 0.25) is 5.91 Å². The number of allylic oxidation sites excluding steroid dienone is 1. The Balaban J connectivity index is 2.32. The molecule has 1 aromatic carbocycles. The van der Waals surface area contributed by atoms with Crippen LogP contribution in [0, 0.1) is 11.3 Å². The summed E-state index contributed by atoms with van der Waals surface area (Å²) in [7, 11) is 0. The van der Waals surface area contributed by atoms with Gasteiger partial charge in [-0.25, -0.2) is 0 Å². The molecular weight excluding hydrogens is 296 g/mol. The van der Waals surface area contributed by atoms with Crippen molar-refractivity contribution >= 4 is 17.7 Å². The van der Waals surface area contributed by atoms with Crippen LogP contribution in [0.4, 0.5) is 0 Å². The van der Waals surface area contributed by atoms with Crippen LogP contribution in [-0.4, -0.2) is 18.3 Å². The number of hydrogen-bond acceptors (Lipinski definition) is 4. The molecule has 0 bridgehead atoms. The van der Waals surface area contributed by atoms with Crippen LogP contribution in [0.1, 0.15) is 24.8 Å². The first kappa shape index (κ1) is 16.2. The van der Waals surface area contributed by atoms with E-state index >= 15 is 0 Å². The lowest BCUT2D eigenvalue weighted by Gasteiger charge is -2.25. The molecule has 1 atom stereocenters. The Hall–Kier alpha value is -2.19. The minimum atomic E-state index is -0.207. The Morgan fingerprint density at radius 1 is 1.50 bits per heavy atom. The highest BCUT2D eigenvalue weighted by Gasteiger charge is 2.29. The summed E-state index contributed by atoms with van der Waals surface area (Å²) in [6, 6.07) is 9.83. The fourth-order valence-electron chi connectivity index (χ4n) is 2.32. The highest BCUT2D eigenvalue weighted by molar-refractivity contribution is 8.03. The predicted molar refractivity (Wildman–Crippen MR) is 88.4 cm³/mol. The van der Waals surface area contributed by atoms with E-state index in [0.29, 0.717) is 23.0 Å². The first-order valence-corrected chi connectivity index (χ1v) is 8.08. The van der Waals surface area contributed by atoms with Crippen molar-refractivity contribution in [2.45, 2.75) is 19.3 Å². The van der Waals surface area contributed by atoms with Crippen LogP contribution in [0.15, 0.2) is 47.5 Å². The van der Waals surface area contributed by atoms with Crippen molar-refractivity contribution < 1.29 is 9.53 Å². The van der Waals surface area contributed by atoms with Gasteiger partial charge in [0.15, 0.2) is 0 Å². The molecule has 5 heteroatoms. The average Bonchev–Trinajstić information content (AvgIpc) is 2.53. The molecule has 114 valence electrons. The number of rotatable bonds is 6. The average molecular weight is 314 g/mol. The number of ether oxygens (including phenoxy) is 1. The van der Waals surface area contributed by atoms with Crippen LogP contribution in [0.5, 0.6) is 5.75 Å². The van der Waals surface area contributed by atoms with Gasteiger partial charge in [-0.3, -0.25) is 4.79 Å². The van der Waals surface area contributed by atoms with Crippen molar-refractivity contribution in [3.05, 3.63) is 53.1 Å². The lowest BCUT2D eigenvalue weighted by molar-refractivity contribution is -0.120. The number of thioether (sulfide) groups is 1. The zero-order chi connectivity index (χ0) is 15.9. The van der Waals surface area contributed by atoms with E-state index in [4.69, 9.17) is 4.74 Å². The maximum absolute atomic E-state index is 11.9. The number of carbonyl (C=O) groups is 1. The largest absolute Gasteiger partial charge is 0.494 e. The van der Waals surface area contributed by atoms with Gasteiger partial charge >= 0.3 is 0 Å². The highest BCUT2D eigenvalue weighted by atomic mass is 32.2. The zero-order valence-electron chi connectivity index (χ0n) is 12.5. The molecule has 1 amide bonds. The minimum Gasteiger partial charge on any atom is -0.494 e. The Kier molecular flexibility index (Phi) is 5.68. The van der Waals surface area contributed by atoms with Crippen molar-refractivity contribution in [2.75, 3.05) is 12.4 Å². The SMILES string of the molecule is C=CCSC1=C(C#N)C(c2ccc(OCC)cc2)CC(=O)N1. The quantitative estimate of drug-likeness (QED) is 0.818. The molecule has 1 aliphatic heterocycles. The predicted octanol–water partition coefficient (Wildman–Crippen LogP) is 3.34. The van der Waals surface area contributed by atoms with E-state index in [1.165, 1.54) is 11.8 Å². The number of amides is 1. The molecule has 0 aliphatic carbocycles. The molecule has 0 fully saturated rings. The summed E-state index contributed by atoms with van der Waals surface area (Å²) < 4.78 is 5.43. The van der Waals surface area contributed by atoms with Gasteiger partial charge in [-0.2, -0.15) is 5.26 Å². The van der Waals surface area contributed by atoms with E-state index in [-0.39, 0.29) is 18.2 Å². The molecule has 0 aromatic heterocycles. The van der Waals surface area contributed by atoms with Gasteiger partial charge in [0, 0.05) is 18.1 Å². The van der Waals surface area contributed by atoms with Gasteiger partial charge in [-0.1, -0.05) is 18.2 Å². The first-order valence-electron chi connectivity index (χ1n) is 7.10. The van der Waals surface area contributed by atoms with E-state index < -0.39 is 0 Å². The number of nitriles is 1.